The smallest absolute Gasteiger partial charge is 0.398 e. The van der Waals surface area contributed by atoms with Crippen LogP contribution in [0.5, 0.6) is 0 Å². The van der Waals surface area contributed by atoms with Crippen LogP contribution in [0.4, 0.5) is 11.5 Å². The van der Waals surface area contributed by atoms with Gasteiger partial charge in [0.15, 0.2) is 23.2 Å². The van der Waals surface area contributed by atoms with Crippen molar-refractivity contribution in [3.05, 3.63) is 41.4 Å². The molecule has 0 radical (unpaired) electrons. The van der Waals surface area contributed by atoms with Crippen molar-refractivity contribution < 1.29 is 33.8 Å². The summed E-state index contributed by atoms with van der Waals surface area (Å²) in [5.74, 6) is 0.400. The maximum atomic E-state index is 10.9. The van der Waals surface area contributed by atoms with Gasteiger partial charge in [-0.3, -0.25) is 9.09 Å². The number of ether oxygens (including phenoxy) is 1. The summed E-state index contributed by atoms with van der Waals surface area (Å²) >= 11 is 5.92. The summed E-state index contributed by atoms with van der Waals surface area (Å²) in [6.07, 6.45) is -2.51. The second-order valence-corrected chi connectivity index (χ2v) is 8.75. The number of fused-ring (bicyclic) bond motifs is 1. The van der Waals surface area contributed by atoms with Gasteiger partial charge in [0, 0.05) is 17.3 Å². The number of benzene rings is 1. The number of aromatic nitrogens is 4. The molecule has 4 atom stereocenters. The topological polar surface area (TPSA) is 198 Å². The van der Waals surface area contributed by atoms with Gasteiger partial charge in [0.25, 0.3) is 0 Å². The minimum Gasteiger partial charge on any atom is -0.398 e. The highest BCUT2D eigenvalue weighted by atomic mass is 35.5. The van der Waals surface area contributed by atoms with Crippen molar-refractivity contribution in [1.29, 1.82) is 0 Å². The van der Waals surface area contributed by atoms with Crippen molar-refractivity contribution in [3.63, 3.8) is 0 Å². The third kappa shape index (κ3) is 4.70. The van der Waals surface area contributed by atoms with E-state index in [2.05, 4.69) is 24.8 Å². The lowest BCUT2D eigenvalue weighted by atomic mass is 10.1. The highest BCUT2D eigenvalue weighted by Crippen LogP contribution is 2.39. The van der Waals surface area contributed by atoms with Crippen molar-refractivity contribution in [2.24, 2.45) is 0 Å². The van der Waals surface area contributed by atoms with Gasteiger partial charge in [-0.25, -0.2) is 19.5 Å². The third-order valence-corrected chi connectivity index (χ3v) is 5.65. The molecule has 1 aliphatic rings. The van der Waals surface area contributed by atoms with E-state index in [-0.39, 0.29) is 0 Å². The van der Waals surface area contributed by atoms with E-state index in [0.717, 1.165) is 5.56 Å². The van der Waals surface area contributed by atoms with E-state index in [1.807, 2.05) is 0 Å². The lowest BCUT2D eigenvalue weighted by molar-refractivity contribution is -0.0504. The third-order valence-electron chi connectivity index (χ3n) is 4.93. The molecule has 15 heteroatoms. The van der Waals surface area contributed by atoms with Gasteiger partial charge < -0.3 is 35.8 Å². The monoisotopic (exact) mass is 486 g/mol. The summed E-state index contributed by atoms with van der Waals surface area (Å²) in [6.45, 7) is -0.277. The molecule has 0 saturated carbocycles. The molecule has 13 nitrogen and oxygen atoms in total. The first kappa shape index (κ1) is 22.8. The molecular weight excluding hydrogens is 467 g/mol. The first-order valence-corrected chi connectivity index (χ1v) is 11.2. The van der Waals surface area contributed by atoms with Gasteiger partial charge >= 0.3 is 7.82 Å². The predicted molar refractivity (Wildman–Crippen MR) is 112 cm³/mol. The largest absolute Gasteiger partial charge is 0.469 e. The molecule has 0 spiro atoms. The fraction of sp³-hybridized carbons (Fsp3) is 0.353. The molecular formula is C17H20ClN6O7P. The number of aliphatic hydroxyl groups is 2. The van der Waals surface area contributed by atoms with Crippen LogP contribution in [-0.4, -0.2) is 64.4 Å². The van der Waals surface area contributed by atoms with Crippen LogP contribution in [0.3, 0.4) is 0 Å². The average molecular weight is 487 g/mol. The Morgan fingerprint density at radius 2 is 2.03 bits per heavy atom. The number of rotatable bonds is 7. The van der Waals surface area contributed by atoms with Crippen LogP contribution >= 0.6 is 19.4 Å². The quantitative estimate of drug-likeness (QED) is 0.199. The number of aliphatic hydroxyl groups excluding tert-OH is 2. The van der Waals surface area contributed by atoms with Crippen molar-refractivity contribution in [2.45, 2.75) is 31.1 Å². The number of anilines is 2. The fourth-order valence-corrected chi connectivity index (χ4v) is 3.86. The molecule has 3 aromatic rings. The summed E-state index contributed by atoms with van der Waals surface area (Å²) in [7, 11) is -4.77. The Balaban J connectivity index is 1.54. The van der Waals surface area contributed by atoms with Gasteiger partial charge in [0.05, 0.1) is 12.9 Å². The van der Waals surface area contributed by atoms with Gasteiger partial charge in [0.1, 0.15) is 24.6 Å². The molecule has 1 aliphatic heterocycles. The molecule has 0 aliphatic carbocycles. The Labute approximate surface area is 186 Å². The highest BCUT2D eigenvalue weighted by Gasteiger charge is 2.45. The first-order valence-electron chi connectivity index (χ1n) is 9.31. The second kappa shape index (κ2) is 8.89. The SMILES string of the molecule is Nc1cc(Cl)ccc1CNc1ncnc2c1ncn2[C@@H]1O[C@H](COP(=O)(O)O)[C@@H](O)[C@H]1O. The van der Waals surface area contributed by atoms with Crippen molar-refractivity contribution in [1.82, 2.24) is 19.5 Å². The lowest BCUT2D eigenvalue weighted by Gasteiger charge is -2.16. The van der Waals surface area contributed by atoms with Crippen LogP contribution in [0.2, 0.25) is 5.02 Å². The number of imidazole rings is 1. The van der Waals surface area contributed by atoms with Crippen LogP contribution in [0.1, 0.15) is 11.8 Å². The summed E-state index contributed by atoms with van der Waals surface area (Å²) < 4.78 is 22.3. The van der Waals surface area contributed by atoms with Crippen molar-refractivity contribution >= 4 is 42.1 Å². The van der Waals surface area contributed by atoms with Crippen LogP contribution in [0, 0.1) is 0 Å². The molecule has 172 valence electrons. The summed E-state index contributed by atoms with van der Waals surface area (Å²) in [5.41, 5.74) is 7.97. The molecule has 1 fully saturated rings. The number of nitrogens with two attached hydrogens (primary N) is 1. The van der Waals surface area contributed by atoms with Crippen LogP contribution < -0.4 is 11.1 Å². The zero-order chi connectivity index (χ0) is 23.0. The van der Waals surface area contributed by atoms with Gasteiger partial charge in [-0.05, 0) is 17.7 Å². The predicted octanol–water partition coefficient (Wildman–Crippen LogP) is 0.402. The van der Waals surface area contributed by atoms with E-state index in [1.54, 1.807) is 18.2 Å². The number of phosphoric ester groups is 1. The molecule has 0 amide bonds. The Bertz CT molecular complexity index is 1170. The van der Waals surface area contributed by atoms with Crippen LogP contribution in [0.15, 0.2) is 30.9 Å². The molecule has 1 aromatic carbocycles. The molecule has 0 bridgehead atoms. The summed E-state index contributed by atoms with van der Waals surface area (Å²) in [4.78, 5) is 30.3. The fourth-order valence-electron chi connectivity index (χ4n) is 3.34. The van der Waals surface area contributed by atoms with E-state index >= 15 is 0 Å². The van der Waals surface area contributed by atoms with Crippen molar-refractivity contribution in [3.8, 4) is 0 Å². The number of hydrogen-bond acceptors (Lipinski definition) is 10. The van der Waals surface area contributed by atoms with Gasteiger partial charge in [-0.2, -0.15) is 0 Å². The normalized spacial score (nSPS) is 23.7. The highest BCUT2D eigenvalue weighted by molar-refractivity contribution is 7.46. The van der Waals surface area contributed by atoms with E-state index in [4.69, 9.17) is 31.9 Å². The molecule has 2 aromatic heterocycles. The minimum atomic E-state index is -4.77. The Morgan fingerprint density at radius 3 is 2.75 bits per heavy atom. The molecule has 3 heterocycles. The zero-order valence-corrected chi connectivity index (χ0v) is 18.0. The molecule has 32 heavy (non-hydrogen) atoms. The van der Waals surface area contributed by atoms with Gasteiger partial charge in [-0.1, -0.05) is 17.7 Å². The van der Waals surface area contributed by atoms with Crippen LogP contribution in [0.25, 0.3) is 11.2 Å². The van der Waals surface area contributed by atoms with E-state index in [1.165, 1.54) is 17.2 Å². The second-order valence-electron chi connectivity index (χ2n) is 7.08. The maximum Gasteiger partial charge on any atom is 0.469 e. The summed E-state index contributed by atoms with van der Waals surface area (Å²) in [6, 6.07) is 5.14. The summed E-state index contributed by atoms with van der Waals surface area (Å²) in [5, 5.41) is 24.3. The Morgan fingerprint density at radius 1 is 1.25 bits per heavy atom. The number of hydrogen-bond donors (Lipinski definition) is 6. The molecule has 0 unspecified atom stereocenters. The van der Waals surface area contributed by atoms with E-state index in [0.29, 0.717) is 34.2 Å². The number of phosphoric acid groups is 1. The number of halogens is 1. The zero-order valence-electron chi connectivity index (χ0n) is 16.3. The Kier molecular flexibility index (Phi) is 6.34. The number of nitrogens with one attached hydrogen (secondary N) is 1. The van der Waals surface area contributed by atoms with Gasteiger partial charge in [-0.15, -0.1) is 0 Å². The lowest BCUT2D eigenvalue weighted by Crippen LogP contribution is -2.33. The molecule has 1 saturated heterocycles. The standard InChI is InChI=1S/C17H20ClN6O7P/c18-9-2-1-8(10(19)3-9)4-20-15-12-16(22-6-21-15)24(7-23-12)17-14(26)13(25)11(31-17)5-30-32(27,28)29/h1-3,6-7,11,13-14,17,25-26H,4-5,19H2,(H,20,21,22)(H2,27,28,29)/t11-,13-,14-,17-/m1/s1. The maximum absolute atomic E-state index is 10.9. The van der Waals surface area contributed by atoms with E-state index in [9.17, 15) is 14.8 Å². The molecule has 4 rings (SSSR count). The average Bonchev–Trinajstić information content (AvgIpc) is 3.27. The van der Waals surface area contributed by atoms with Crippen molar-refractivity contribution in [2.75, 3.05) is 17.7 Å². The Hall–Kier alpha value is -2.35. The van der Waals surface area contributed by atoms with E-state index < -0.39 is 39.0 Å². The van der Waals surface area contributed by atoms with Crippen LogP contribution in [-0.2, 0) is 20.4 Å². The number of nitrogen functional groups attached to an aromatic ring is 1. The number of nitrogens with zero attached hydrogens (tertiary/aromatic N) is 4. The minimum absolute atomic E-state index is 0.305. The first-order chi connectivity index (χ1) is 15.1. The van der Waals surface area contributed by atoms with Gasteiger partial charge in [0.2, 0.25) is 0 Å². The molecule has 7 N–H and O–H groups in total.